The lowest BCUT2D eigenvalue weighted by Crippen LogP contribution is -2.33. The number of rotatable bonds is 4. The van der Waals surface area contributed by atoms with E-state index in [9.17, 15) is 4.79 Å². The van der Waals surface area contributed by atoms with E-state index in [4.69, 9.17) is 4.74 Å². The van der Waals surface area contributed by atoms with Crippen molar-refractivity contribution >= 4 is 17.7 Å². The molecule has 0 spiro atoms. The summed E-state index contributed by atoms with van der Waals surface area (Å²) in [5, 5.41) is 0. The van der Waals surface area contributed by atoms with E-state index in [1.807, 2.05) is 29.2 Å². The van der Waals surface area contributed by atoms with Gasteiger partial charge in [-0.25, -0.2) is 0 Å². The van der Waals surface area contributed by atoms with Crippen molar-refractivity contribution in [2.45, 2.75) is 30.6 Å². The molecular formula is C15H21NO2S. The fraction of sp³-hybridized carbons (Fsp3) is 0.533. The van der Waals surface area contributed by atoms with Gasteiger partial charge in [-0.1, -0.05) is 18.9 Å². The fourth-order valence-electron chi connectivity index (χ4n) is 2.25. The summed E-state index contributed by atoms with van der Waals surface area (Å²) in [6.07, 6.45) is 4.81. The van der Waals surface area contributed by atoms with Crippen LogP contribution in [0.2, 0.25) is 0 Å². The van der Waals surface area contributed by atoms with Crippen molar-refractivity contribution in [2.24, 2.45) is 0 Å². The molecule has 0 unspecified atom stereocenters. The maximum absolute atomic E-state index is 12.2. The summed E-state index contributed by atoms with van der Waals surface area (Å²) >= 11 is 1.59. The van der Waals surface area contributed by atoms with Crippen molar-refractivity contribution in [2.75, 3.05) is 26.0 Å². The topological polar surface area (TPSA) is 29.5 Å². The Bertz CT molecular complexity index is 414. The van der Waals surface area contributed by atoms with Gasteiger partial charge in [-0.05, 0) is 31.0 Å². The predicted octanol–water partition coefficient (Wildman–Crippen LogP) is 3.19. The molecule has 1 aromatic carbocycles. The number of carbonyl (C=O) groups excluding carboxylic acids is 1. The average molecular weight is 279 g/mol. The number of carbonyl (C=O) groups is 1. The second-order valence-corrected chi connectivity index (χ2v) is 5.81. The van der Waals surface area contributed by atoms with Gasteiger partial charge >= 0.3 is 0 Å². The van der Waals surface area contributed by atoms with Crippen molar-refractivity contribution in [3.63, 3.8) is 0 Å². The van der Waals surface area contributed by atoms with Crippen LogP contribution in [0.4, 0.5) is 0 Å². The van der Waals surface area contributed by atoms with E-state index in [-0.39, 0.29) is 5.91 Å². The summed E-state index contributed by atoms with van der Waals surface area (Å²) in [5.74, 6) is 1.62. The van der Waals surface area contributed by atoms with Gasteiger partial charge in [0.15, 0.2) is 0 Å². The number of likely N-dealkylation sites (tertiary alicyclic amines) is 1. The van der Waals surface area contributed by atoms with E-state index < -0.39 is 0 Å². The van der Waals surface area contributed by atoms with E-state index in [1.54, 1.807) is 18.9 Å². The summed E-state index contributed by atoms with van der Waals surface area (Å²) in [4.78, 5) is 15.3. The number of ether oxygens (including phenoxy) is 1. The smallest absolute Gasteiger partial charge is 0.232 e. The first-order chi connectivity index (χ1) is 9.29. The lowest BCUT2D eigenvalue weighted by atomic mass is 10.2. The van der Waals surface area contributed by atoms with Crippen molar-refractivity contribution in [3.8, 4) is 5.75 Å². The molecule has 2 rings (SSSR count). The summed E-state index contributed by atoms with van der Waals surface area (Å²) in [6.45, 7) is 1.86. The highest BCUT2D eigenvalue weighted by atomic mass is 32.2. The minimum Gasteiger partial charge on any atom is -0.497 e. The SMILES string of the molecule is COc1cccc(SCC(=O)N2CCCCCC2)c1. The second-order valence-electron chi connectivity index (χ2n) is 4.76. The van der Waals surface area contributed by atoms with Crippen molar-refractivity contribution < 1.29 is 9.53 Å². The first-order valence-electron chi connectivity index (χ1n) is 6.84. The van der Waals surface area contributed by atoms with E-state index in [0.29, 0.717) is 5.75 Å². The second kappa shape index (κ2) is 7.43. The van der Waals surface area contributed by atoms with E-state index in [2.05, 4.69) is 0 Å². The van der Waals surface area contributed by atoms with Crippen LogP contribution in [0.3, 0.4) is 0 Å². The number of hydrogen-bond donors (Lipinski definition) is 0. The Morgan fingerprint density at radius 3 is 2.68 bits per heavy atom. The molecule has 1 aliphatic heterocycles. The van der Waals surface area contributed by atoms with Gasteiger partial charge in [0.1, 0.15) is 5.75 Å². The number of amides is 1. The fourth-order valence-corrected chi connectivity index (χ4v) is 3.09. The van der Waals surface area contributed by atoms with E-state index in [1.165, 1.54) is 12.8 Å². The molecule has 0 atom stereocenters. The van der Waals surface area contributed by atoms with Crippen molar-refractivity contribution in [1.29, 1.82) is 0 Å². The van der Waals surface area contributed by atoms with Crippen LogP contribution in [-0.4, -0.2) is 36.8 Å². The van der Waals surface area contributed by atoms with Gasteiger partial charge in [-0.3, -0.25) is 4.79 Å². The summed E-state index contributed by atoms with van der Waals surface area (Å²) in [5.41, 5.74) is 0. The minimum atomic E-state index is 0.259. The van der Waals surface area contributed by atoms with Gasteiger partial charge in [-0.15, -0.1) is 11.8 Å². The molecule has 1 saturated heterocycles. The normalized spacial score (nSPS) is 15.9. The number of thioether (sulfide) groups is 1. The Labute approximate surface area is 119 Å². The average Bonchev–Trinajstić information content (AvgIpc) is 2.74. The van der Waals surface area contributed by atoms with Crippen LogP contribution in [0.15, 0.2) is 29.2 Å². The molecule has 1 heterocycles. The highest BCUT2D eigenvalue weighted by Crippen LogP contribution is 2.23. The molecule has 104 valence electrons. The first kappa shape index (κ1) is 14.3. The van der Waals surface area contributed by atoms with Crippen LogP contribution in [0.1, 0.15) is 25.7 Å². The first-order valence-corrected chi connectivity index (χ1v) is 7.83. The summed E-state index contributed by atoms with van der Waals surface area (Å²) in [7, 11) is 1.66. The van der Waals surface area contributed by atoms with Gasteiger partial charge in [0.25, 0.3) is 0 Å². The Hall–Kier alpha value is -1.16. The van der Waals surface area contributed by atoms with E-state index >= 15 is 0 Å². The molecule has 4 heteroatoms. The number of benzene rings is 1. The molecule has 1 amide bonds. The van der Waals surface area contributed by atoms with Gasteiger partial charge in [0.05, 0.1) is 12.9 Å². The van der Waals surface area contributed by atoms with Crippen LogP contribution in [-0.2, 0) is 4.79 Å². The lowest BCUT2D eigenvalue weighted by molar-refractivity contribution is -0.128. The maximum atomic E-state index is 12.2. The van der Waals surface area contributed by atoms with Crippen LogP contribution < -0.4 is 4.74 Å². The number of nitrogens with zero attached hydrogens (tertiary/aromatic N) is 1. The highest BCUT2D eigenvalue weighted by molar-refractivity contribution is 8.00. The number of methoxy groups -OCH3 is 1. The molecule has 1 fully saturated rings. The zero-order valence-electron chi connectivity index (χ0n) is 11.4. The molecule has 0 radical (unpaired) electrons. The third-order valence-corrected chi connectivity index (χ3v) is 4.34. The molecular weight excluding hydrogens is 258 g/mol. The minimum absolute atomic E-state index is 0.259. The Kier molecular flexibility index (Phi) is 5.58. The Morgan fingerprint density at radius 2 is 2.00 bits per heavy atom. The van der Waals surface area contributed by atoms with Crippen LogP contribution in [0, 0.1) is 0 Å². The Morgan fingerprint density at radius 1 is 1.26 bits per heavy atom. The molecule has 1 aliphatic rings. The third kappa shape index (κ3) is 4.46. The standard InChI is InChI=1S/C15H21NO2S/c1-18-13-7-6-8-14(11-13)19-12-15(17)16-9-4-2-3-5-10-16/h6-8,11H,2-5,9-10,12H2,1H3. The van der Waals surface area contributed by atoms with Crippen molar-refractivity contribution in [3.05, 3.63) is 24.3 Å². The molecule has 3 nitrogen and oxygen atoms in total. The van der Waals surface area contributed by atoms with E-state index in [0.717, 1.165) is 36.6 Å². The monoisotopic (exact) mass is 279 g/mol. The maximum Gasteiger partial charge on any atom is 0.232 e. The van der Waals surface area contributed by atoms with Gasteiger partial charge in [0, 0.05) is 18.0 Å². The molecule has 0 N–H and O–H groups in total. The summed E-state index contributed by atoms with van der Waals surface area (Å²) in [6, 6.07) is 7.86. The molecule has 19 heavy (non-hydrogen) atoms. The zero-order chi connectivity index (χ0) is 13.5. The van der Waals surface area contributed by atoms with Gasteiger partial charge in [0.2, 0.25) is 5.91 Å². The largest absolute Gasteiger partial charge is 0.497 e. The van der Waals surface area contributed by atoms with Gasteiger partial charge < -0.3 is 9.64 Å². The van der Waals surface area contributed by atoms with Crippen LogP contribution >= 0.6 is 11.8 Å². The van der Waals surface area contributed by atoms with Crippen LogP contribution in [0.25, 0.3) is 0 Å². The zero-order valence-corrected chi connectivity index (χ0v) is 12.2. The predicted molar refractivity (Wildman–Crippen MR) is 78.8 cm³/mol. The molecule has 0 aromatic heterocycles. The van der Waals surface area contributed by atoms with Crippen molar-refractivity contribution in [1.82, 2.24) is 4.90 Å². The third-order valence-electron chi connectivity index (χ3n) is 3.36. The lowest BCUT2D eigenvalue weighted by Gasteiger charge is -2.20. The van der Waals surface area contributed by atoms with Gasteiger partial charge in [-0.2, -0.15) is 0 Å². The molecule has 0 bridgehead atoms. The number of hydrogen-bond acceptors (Lipinski definition) is 3. The molecule has 0 aliphatic carbocycles. The quantitative estimate of drug-likeness (QED) is 0.793. The van der Waals surface area contributed by atoms with Crippen LogP contribution in [0.5, 0.6) is 5.75 Å². The summed E-state index contributed by atoms with van der Waals surface area (Å²) < 4.78 is 5.19. The highest BCUT2D eigenvalue weighted by Gasteiger charge is 2.15. The Balaban J connectivity index is 1.84. The molecule has 1 aromatic rings. The molecule has 0 saturated carbocycles.